The summed E-state index contributed by atoms with van der Waals surface area (Å²) in [5.74, 6) is 0. The summed E-state index contributed by atoms with van der Waals surface area (Å²) in [5, 5.41) is 6.24. The molecule has 11 heteroatoms. The third-order valence-electron chi connectivity index (χ3n) is 2.44. The van der Waals surface area contributed by atoms with Gasteiger partial charge in [-0.2, -0.15) is 0 Å². The van der Waals surface area contributed by atoms with Crippen molar-refractivity contribution in [2.24, 2.45) is 0 Å². The molecule has 0 fully saturated rings. The van der Waals surface area contributed by atoms with Crippen molar-refractivity contribution in [1.29, 1.82) is 0 Å². The Morgan fingerprint density at radius 2 is 1.52 bits per heavy atom. The molecule has 5 N–H and O–H groups in total. The van der Waals surface area contributed by atoms with Crippen molar-refractivity contribution in [3.63, 3.8) is 0 Å². The van der Waals surface area contributed by atoms with Gasteiger partial charge < -0.3 is 24.7 Å². The lowest BCUT2D eigenvalue weighted by Gasteiger charge is -2.27. The minimum atomic E-state index is -5.41. The van der Waals surface area contributed by atoms with Crippen LogP contribution in [0, 0.1) is 0 Å². The quantitative estimate of drug-likeness (QED) is 0.379. The van der Waals surface area contributed by atoms with E-state index in [0.717, 1.165) is 4.57 Å². The van der Waals surface area contributed by atoms with Crippen LogP contribution in [0.2, 0.25) is 0 Å². The van der Waals surface area contributed by atoms with E-state index in [1.165, 1.54) is 18.9 Å². The van der Waals surface area contributed by atoms with Gasteiger partial charge in [-0.05, 0) is 6.92 Å². The average Bonchev–Trinajstić information content (AvgIpc) is 2.74. The Labute approximate surface area is 123 Å². The van der Waals surface area contributed by atoms with Gasteiger partial charge >= 0.3 is 20.3 Å². The molecule has 0 spiro atoms. The molecule has 9 nitrogen and oxygen atoms in total. The van der Waals surface area contributed by atoms with Crippen LogP contribution in [-0.4, -0.2) is 34.3 Å². The first-order chi connectivity index (χ1) is 9.42. The highest BCUT2D eigenvalue weighted by molar-refractivity contribution is 7.72. The van der Waals surface area contributed by atoms with Crippen LogP contribution in [-0.2, 0) is 22.2 Å². The fourth-order valence-corrected chi connectivity index (χ4v) is 3.37. The highest BCUT2D eigenvalue weighted by Crippen LogP contribution is 2.67. The molecule has 0 bridgehead atoms. The average molecular weight is 345 g/mol. The zero-order valence-electron chi connectivity index (χ0n) is 12.2. The normalized spacial score (nSPS) is 12.8. The van der Waals surface area contributed by atoms with Crippen LogP contribution in [0.1, 0.15) is 27.2 Å². The lowest BCUT2D eigenvalue weighted by molar-refractivity contribution is -0.703. The van der Waals surface area contributed by atoms with Gasteiger partial charge in [0.05, 0.1) is 6.54 Å². The molecule has 0 unspecified atom stereocenters. The number of rotatable bonds is 5. The van der Waals surface area contributed by atoms with E-state index in [-0.39, 0.29) is 0 Å². The van der Waals surface area contributed by atoms with Crippen molar-refractivity contribution >= 4 is 15.2 Å². The maximum atomic E-state index is 11.1. The predicted molar refractivity (Wildman–Crippen MR) is 75.3 cm³/mol. The van der Waals surface area contributed by atoms with E-state index >= 15 is 0 Å². The Balaban J connectivity index is 0.00000122. The van der Waals surface area contributed by atoms with Gasteiger partial charge in [-0.15, -0.1) is 0 Å². The Kier molecular flexibility index (Phi) is 7.45. The number of nitrogens with zero attached hydrogens (tertiary/aromatic N) is 2. The van der Waals surface area contributed by atoms with E-state index in [1.54, 1.807) is 10.8 Å². The Bertz CT molecular complexity index is 511. The Morgan fingerprint density at radius 1 is 1.10 bits per heavy atom. The van der Waals surface area contributed by atoms with Crippen LogP contribution in [0.4, 0.5) is 0 Å². The lowest BCUT2D eigenvalue weighted by atomic mass is 10.6. The molecule has 0 radical (unpaired) electrons. The molecule has 21 heavy (non-hydrogen) atoms. The van der Waals surface area contributed by atoms with Gasteiger partial charge in [0.25, 0.3) is 0 Å². The summed E-state index contributed by atoms with van der Waals surface area (Å²) < 4.78 is 24.9. The second-order valence-corrected chi connectivity index (χ2v) is 8.49. The zero-order chi connectivity index (χ0) is 16.9. The molecule has 0 aliphatic rings. The molecule has 0 aromatic carbocycles. The molecule has 0 amide bonds. The van der Waals surface area contributed by atoms with E-state index in [9.17, 15) is 14.2 Å². The van der Waals surface area contributed by atoms with Crippen LogP contribution in [0.5, 0.6) is 0 Å². The smallest absolute Gasteiger partial charge is 0.365 e. The lowest BCUT2D eigenvalue weighted by Crippen LogP contribution is -2.46. The van der Waals surface area contributed by atoms with E-state index < -0.39 is 26.8 Å². The van der Waals surface area contributed by atoms with Gasteiger partial charge in [-0.3, -0.25) is 9.13 Å². The van der Waals surface area contributed by atoms with Crippen LogP contribution >= 0.6 is 15.2 Å². The second-order valence-electron chi connectivity index (χ2n) is 4.49. The van der Waals surface area contributed by atoms with Crippen molar-refractivity contribution in [3.05, 3.63) is 18.7 Å². The third-order valence-corrected chi connectivity index (χ3v) is 6.15. The monoisotopic (exact) mass is 345 g/mol. The number of imidazole rings is 1. The van der Waals surface area contributed by atoms with Gasteiger partial charge in [0.2, 0.25) is 6.33 Å². The SMILES string of the molecule is CCC.CCn1cc[n+](CC(O)(P(=O)(O)O)P(=O)(O)O)c1. The second kappa shape index (κ2) is 7.65. The molecular formula is C10H23N2O7P2+. The third kappa shape index (κ3) is 5.30. The summed E-state index contributed by atoms with van der Waals surface area (Å²) in [7, 11) is -10.8. The van der Waals surface area contributed by atoms with Crippen molar-refractivity contribution in [2.75, 3.05) is 0 Å². The summed E-state index contributed by atoms with van der Waals surface area (Å²) >= 11 is 0. The molecule has 1 aromatic rings. The fourth-order valence-electron chi connectivity index (χ4n) is 1.32. The van der Waals surface area contributed by atoms with Crippen molar-refractivity contribution < 1.29 is 38.4 Å². The largest absolute Gasteiger partial charge is 0.373 e. The first-order valence-electron chi connectivity index (χ1n) is 6.31. The maximum Gasteiger partial charge on any atom is 0.373 e. The van der Waals surface area contributed by atoms with E-state index in [4.69, 9.17) is 19.6 Å². The Morgan fingerprint density at radius 3 is 1.81 bits per heavy atom. The minimum absolute atomic E-state index is 0.567. The summed E-state index contributed by atoms with van der Waals surface area (Å²) in [4.78, 5) is 35.8. The predicted octanol–water partition coefficient (Wildman–Crippen LogP) is 0.213. The molecular weight excluding hydrogens is 322 g/mol. The summed E-state index contributed by atoms with van der Waals surface area (Å²) in [6.45, 7) is 5.72. The van der Waals surface area contributed by atoms with Gasteiger partial charge in [-0.25, -0.2) is 9.13 Å². The topological polar surface area (TPSA) is 144 Å². The van der Waals surface area contributed by atoms with Gasteiger partial charge in [-0.1, -0.05) is 20.3 Å². The number of aryl methyl sites for hydroxylation is 1. The van der Waals surface area contributed by atoms with E-state index in [2.05, 4.69) is 13.8 Å². The molecule has 0 saturated carbocycles. The first kappa shape index (κ1) is 20.5. The fraction of sp³-hybridized carbons (Fsp3) is 0.700. The maximum absolute atomic E-state index is 11.1. The molecule has 0 aliphatic carbocycles. The summed E-state index contributed by atoms with van der Waals surface area (Å²) in [6, 6.07) is 0. The van der Waals surface area contributed by atoms with Crippen molar-refractivity contribution in [2.45, 2.75) is 45.4 Å². The number of aliphatic hydroxyl groups is 1. The van der Waals surface area contributed by atoms with Gasteiger partial charge in [0, 0.05) is 0 Å². The Hall–Kier alpha value is -0.530. The standard InChI is InChI=1S/C7H14N2O7P2.C3H8/c1-2-8-3-4-9(6-8)5-7(10,17(11,12)13)18(14,15)16;1-3-2/h3-4,6,10H,2,5H2,1H3,(H3-,11,12,13,14,15,16);3H2,1-2H3/p+1. The van der Waals surface area contributed by atoms with Gasteiger partial charge in [0.1, 0.15) is 18.9 Å². The molecule has 1 heterocycles. The zero-order valence-corrected chi connectivity index (χ0v) is 14.0. The highest BCUT2D eigenvalue weighted by Gasteiger charge is 2.61. The number of hydrogen-bond donors (Lipinski definition) is 5. The van der Waals surface area contributed by atoms with Crippen LogP contribution in [0.25, 0.3) is 0 Å². The molecule has 124 valence electrons. The van der Waals surface area contributed by atoms with E-state index in [0.29, 0.717) is 6.54 Å². The molecule has 0 aliphatic heterocycles. The molecule has 1 rings (SSSR count). The number of hydrogen-bond acceptors (Lipinski definition) is 3. The minimum Gasteiger partial charge on any atom is -0.365 e. The van der Waals surface area contributed by atoms with Crippen LogP contribution in [0.15, 0.2) is 18.7 Å². The summed E-state index contributed by atoms with van der Waals surface area (Å²) in [6.07, 6.45) is 5.51. The van der Waals surface area contributed by atoms with Crippen LogP contribution < -0.4 is 4.57 Å². The summed E-state index contributed by atoms with van der Waals surface area (Å²) in [5.41, 5.74) is 0. The molecule has 1 aromatic heterocycles. The first-order valence-corrected chi connectivity index (χ1v) is 9.53. The van der Waals surface area contributed by atoms with Crippen LogP contribution in [0.3, 0.4) is 0 Å². The van der Waals surface area contributed by atoms with Crippen molar-refractivity contribution in [1.82, 2.24) is 4.57 Å². The van der Waals surface area contributed by atoms with Crippen molar-refractivity contribution in [3.8, 4) is 0 Å². The van der Waals surface area contributed by atoms with Gasteiger partial charge in [0.15, 0.2) is 0 Å². The molecule has 0 saturated heterocycles. The highest BCUT2D eigenvalue weighted by atomic mass is 31.2. The van der Waals surface area contributed by atoms with E-state index in [1.807, 2.05) is 6.92 Å². The molecule has 0 atom stereocenters. The number of aromatic nitrogens is 2.